The van der Waals surface area contributed by atoms with E-state index >= 15 is 0 Å². The number of carbonyl (C=O) groups is 1. The molecule has 0 amide bonds. The molecular weight excluding hydrogens is 439 g/mol. The Kier molecular flexibility index (Phi) is 20.2. The number of esters is 1. The second-order valence-electron chi connectivity index (χ2n) is 9.76. The standard InChI is InChI=1S/C26H51O6P/c1-23(2)17-13-9-7-11-15-19-30-33(28,32-22-21-29-26(27)25(5)6)31-20-16-12-8-10-14-18-24(3)4/h23-24H,5,7-22H2,1-4,6H3. The molecule has 0 saturated heterocycles. The molecular formula is C26H51O6P. The maximum absolute atomic E-state index is 13.0. The quantitative estimate of drug-likeness (QED) is 0.0621. The number of carbonyl (C=O) groups excluding carboxylic acids is 1. The molecule has 6 nitrogen and oxygen atoms in total. The van der Waals surface area contributed by atoms with Crippen molar-refractivity contribution in [3.8, 4) is 0 Å². The van der Waals surface area contributed by atoms with Crippen LogP contribution in [0, 0.1) is 11.8 Å². The van der Waals surface area contributed by atoms with Gasteiger partial charge in [0.15, 0.2) is 0 Å². The van der Waals surface area contributed by atoms with Crippen molar-refractivity contribution in [1.29, 1.82) is 0 Å². The highest BCUT2D eigenvalue weighted by Gasteiger charge is 2.26. The van der Waals surface area contributed by atoms with Gasteiger partial charge in [-0.1, -0.05) is 98.5 Å². The lowest BCUT2D eigenvalue weighted by Gasteiger charge is -2.18. The zero-order chi connectivity index (χ0) is 25.0. The van der Waals surface area contributed by atoms with Gasteiger partial charge in [-0.2, -0.15) is 0 Å². The van der Waals surface area contributed by atoms with Gasteiger partial charge in [-0.05, 0) is 31.6 Å². The zero-order valence-electron chi connectivity index (χ0n) is 22.1. The Hall–Kier alpha value is -0.680. The minimum absolute atomic E-state index is 0.0197. The minimum Gasteiger partial charge on any atom is -0.460 e. The summed E-state index contributed by atoms with van der Waals surface area (Å²) < 4.78 is 34.5. The van der Waals surface area contributed by atoms with Crippen LogP contribution in [0.25, 0.3) is 0 Å². The van der Waals surface area contributed by atoms with Crippen molar-refractivity contribution in [3.63, 3.8) is 0 Å². The molecule has 0 fully saturated rings. The highest BCUT2D eigenvalue weighted by atomic mass is 31.2. The van der Waals surface area contributed by atoms with Crippen LogP contribution >= 0.6 is 7.82 Å². The zero-order valence-corrected chi connectivity index (χ0v) is 23.0. The monoisotopic (exact) mass is 490 g/mol. The first-order valence-electron chi connectivity index (χ1n) is 13.0. The number of phosphoric acid groups is 1. The molecule has 0 radical (unpaired) electrons. The molecule has 33 heavy (non-hydrogen) atoms. The number of rotatable bonds is 23. The maximum Gasteiger partial charge on any atom is 0.474 e. The van der Waals surface area contributed by atoms with Gasteiger partial charge in [0.25, 0.3) is 0 Å². The van der Waals surface area contributed by atoms with Crippen LogP contribution in [0.1, 0.15) is 112 Å². The Bertz CT molecular complexity index is 519. The summed E-state index contributed by atoms with van der Waals surface area (Å²) in [5, 5.41) is 0. The average molecular weight is 491 g/mol. The molecule has 0 aliphatic carbocycles. The lowest BCUT2D eigenvalue weighted by molar-refractivity contribution is -0.139. The Morgan fingerprint density at radius 1 is 0.667 bits per heavy atom. The largest absolute Gasteiger partial charge is 0.474 e. The molecule has 0 N–H and O–H groups in total. The van der Waals surface area contributed by atoms with Gasteiger partial charge in [0.2, 0.25) is 0 Å². The van der Waals surface area contributed by atoms with Gasteiger partial charge in [-0.15, -0.1) is 0 Å². The third kappa shape index (κ3) is 21.6. The molecule has 0 bridgehead atoms. The van der Waals surface area contributed by atoms with E-state index in [2.05, 4.69) is 34.3 Å². The summed E-state index contributed by atoms with van der Waals surface area (Å²) in [7, 11) is -3.67. The molecule has 0 aromatic heterocycles. The van der Waals surface area contributed by atoms with E-state index in [1.807, 2.05) is 0 Å². The SMILES string of the molecule is C=C(C)C(=O)OCCOP(=O)(OCCCCCCCC(C)C)OCCCCCCCC(C)C. The molecule has 0 saturated carbocycles. The normalized spacial score (nSPS) is 12.0. The number of unbranched alkanes of at least 4 members (excludes halogenated alkanes) is 8. The number of phosphoric ester groups is 1. The molecule has 0 aliphatic rings. The Labute approximate surface area is 203 Å². The lowest BCUT2D eigenvalue weighted by atomic mass is 10.0. The van der Waals surface area contributed by atoms with Crippen LogP contribution in [0.15, 0.2) is 12.2 Å². The average Bonchev–Trinajstić information content (AvgIpc) is 2.74. The van der Waals surface area contributed by atoms with Gasteiger partial charge in [0.1, 0.15) is 6.61 Å². The summed E-state index contributed by atoms with van der Waals surface area (Å²) in [5.41, 5.74) is 0.312. The predicted octanol–water partition coefficient (Wildman–Crippen LogP) is 8.26. The minimum atomic E-state index is -3.67. The fourth-order valence-corrected chi connectivity index (χ4v) is 4.47. The van der Waals surface area contributed by atoms with Gasteiger partial charge in [0.05, 0.1) is 19.8 Å². The van der Waals surface area contributed by atoms with E-state index in [0.29, 0.717) is 18.8 Å². The van der Waals surface area contributed by atoms with Crippen molar-refractivity contribution in [3.05, 3.63) is 12.2 Å². The Morgan fingerprint density at radius 3 is 1.48 bits per heavy atom. The van der Waals surface area contributed by atoms with E-state index in [9.17, 15) is 9.36 Å². The molecule has 196 valence electrons. The summed E-state index contributed by atoms with van der Waals surface area (Å²) >= 11 is 0. The van der Waals surface area contributed by atoms with E-state index < -0.39 is 13.8 Å². The number of hydrogen-bond acceptors (Lipinski definition) is 6. The van der Waals surface area contributed by atoms with Gasteiger partial charge in [0, 0.05) is 5.57 Å². The van der Waals surface area contributed by atoms with Gasteiger partial charge < -0.3 is 4.74 Å². The molecule has 0 aliphatic heterocycles. The summed E-state index contributed by atoms with van der Waals surface area (Å²) in [5.74, 6) is 1.01. The highest BCUT2D eigenvalue weighted by Crippen LogP contribution is 2.49. The van der Waals surface area contributed by atoms with Crippen molar-refractivity contribution < 1.29 is 27.7 Å². The van der Waals surface area contributed by atoms with Crippen molar-refractivity contribution in [2.45, 2.75) is 112 Å². The predicted molar refractivity (Wildman–Crippen MR) is 136 cm³/mol. The van der Waals surface area contributed by atoms with Crippen LogP contribution in [0.3, 0.4) is 0 Å². The van der Waals surface area contributed by atoms with Crippen LogP contribution in [0.4, 0.5) is 0 Å². The first-order valence-corrected chi connectivity index (χ1v) is 14.5. The van der Waals surface area contributed by atoms with Crippen molar-refractivity contribution in [2.75, 3.05) is 26.4 Å². The number of ether oxygens (including phenoxy) is 1. The first kappa shape index (κ1) is 32.3. The fourth-order valence-electron chi connectivity index (χ4n) is 3.24. The molecule has 0 heterocycles. The summed E-state index contributed by atoms with van der Waals surface area (Å²) in [4.78, 5) is 11.5. The molecule has 0 spiro atoms. The van der Waals surface area contributed by atoms with E-state index in [1.54, 1.807) is 6.92 Å². The Balaban J connectivity index is 4.22. The first-order chi connectivity index (χ1) is 15.7. The smallest absolute Gasteiger partial charge is 0.460 e. The highest BCUT2D eigenvalue weighted by molar-refractivity contribution is 7.48. The third-order valence-corrected chi connectivity index (χ3v) is 6.76. The van der Waals surface area contributed by atoms with Crippen molar-refractivity contribution >= 4 is 13.8 Å². The summed E-state index contributed by atoms with van der Waals surface area (Å²) in [6.07, 6.45) is 13.5. The van der Waals surface area contributed by atoms with Gasteiger partial charge in [-0.3, -0.25) is 13.6 Å². The van der Waals surface area contributed by atoms with Crippen molar-refractivity contribution in [1.82, 2.24) is 0 Å². The van der Waals surface area contributed by atoms with Gasteiger partial charge in [-0.25, -0.2) is 9.36 Å². The van der Waals surface area contributed by atoms with Crippen LogP contribution in [-0.2, 0) is 27.7 Å². The van der Waals surface area contributed by atoms with E-state index in [-0.39, 0.29) is 13.2 Å². The topological polar surface area (TPSA) is 71.1 Å². The fraction of sp³-hybridized carbons (Fsp3) is 0.885. The van der Waals surface area contributed by atoms with E-state index in [0.717, 1.165) is 50.4 Å². The van der Waals surface area contributed by atoms with E-state index in [4.69, 9.17) is 18.3 Å². The van der Waals surface area contributed by atoms with Crippen LogP contribution in [0.5, 0.6) is 0 Å². The third-order valence-electron chi connectivity index (χ3n) is 5.26. The molecule has 0 aromatic rings. The molecule has 7 heteroatoms. The molecule has 0 atom stereocenters. The molecule has 0 rings (SSSR count). The molecule has 0 aromatic carbocycles. The molecule has 0 unspecified atom stereocenters. The van der Waals surface area contributed by atoms with Crippen LogP contribution in [-0.4, -0.2) is 32.4 Å². The summed E-state index contributed by atoms with van der Waals surface area (Å²) in [6.45, 7) is 14.7. The lowest BCUT2D eigenvalue weighted by Crippen LogP contribution is -2.12. The van der Waals surface area contributed by atoms with Crippen LogP contribution in [0.2, 0.25) is 0 Å². The second kappa shape index (κ2) is 20.7. The van der Waals surface area contributed by atoms with E-state index in [1.165, 1.54) is 38.5 Å². The van der Waals surface area contributed by atoms with Gasteiger partial charge >= 0.3 is 13.8 Å². The number of hydrogen-bond donors (Lipinski definition) is 0. The maximum atomic E-state index is 13.0. The second-order valence-corrected chi connectivity index (χ2v) is 11.4. The van der Waals surface area contributed by atoms with Crippen molar-refractivity contribution in [2.24, 2.45) is 11.8 Å². The Morgan fingerprint density at radius 2 is 1.06 bits per heavy atom. The summed E-state index contributed by atoms with van der Waals surface area (Å²) in [6, 6.07) is 0. The van der Waals surface area contributed by atoms with Crippen LogP contribution < -0.4 is 0 Å².